The molecular formula is C14H20Cl2FN3O. The van der Waals surface area contributed by atoms with Crippen LogP contribution in [0.4, 0.5) is 10.1 Å². The number of carbonyl (C=O) groups excluding carboxylic acids is 1. The minimum atomic E-state index is -0.424. The number of carbonyl (C=O) groups is 1. The van der Waals surface area contributed by atoms with E-state index in [1.807, 2.05) is 0 Å². The van der Waals surface area contributed by atoms with Crippen molar-refractivity contribution in [2.45, 2.75) is 19.4 Å². The first-order valence-corrected chi connectivity index (χ1v) is 7.06. The molecule has 7 heteroatoms. The number of nitrogens with two attached hydrogens (primary N) is 1. The van der Waals surface area contributed by atoms with Gasteiger partial charge < -0.3 is 11.1 Å². The molecule has 0 bridgehead atoms. The van der Waals surface area contributed by atoms with Gasteiger partial charge in [0.15, 0.2) is 0 Å². The van der Waals surface area contributed by atoms with Gasteiger partial charge in [-0.1, -0.05) is 18.5 Å². The molecule has 2 rings (SSSR count). The molecule has 0 saturated carbocycles. The van der Waals surface area contributed by atoms with Gasteiger partial charge in [0, 0.05) is 19.1 Å². The second-order valence-corrected chi connectivity index (χ2v) is 5.74. The fourth-order valence-electron chi connectivity index (χ4n) is 2.38. The molecule has 4 nitrogen and oxygen atoms in total. The lowest BCUT2D eigenvalue weighted by Crippen LogP contribution is -2.48. The van der Waals surface area contributed by atoms with Crippen molar-refractivity contribution in [3.8, 4) is 0 Å². The second kappa shape index (κ2) is 7.94. The Hall–Kier alpha value is -0.880. The number of hydrogen-bond donors (Lipinski definition) is 2. The van der Waals surface area contributed by atoms with Crippen molar-refractivity contribution >= 4 is 35.6 Å². The first-order chi connectivity index (χ1) is 9.45. The molecule has 2 atom stereocenters. The summed E-state index contributed by atoms with van der Waals surface area (Å²) in [4.78, 5) is 14.0. The van der Waals surface area contributed by atoms with Crippen LogP contribution in [0.25, 0.3) is 0 Å². The number of halogens is 3. The maximum Gasteiger partial charge on any atom is 0.238 e. The van der Waals surface area contributed by atoms with Gasteiger partial charge in [-0.05, 0) is 30.5 Å². The molecule has 0 aliphatic carbocycles. The SMILES string of the molecule is CC1CN(CC(=O)Nc2ccc(F)cc2Cl)CCC1N.Cl. The highest BCUT2D eigenvalue weighted by Gasteiger charge is 2.24. The van der Waals surface area contributed by atoms with Crippen molar-refractivity contribution in [2.75, 3.05) is 25.0 Å². The number of rotatable bonds is 3. The van der Waals surface area contributed by atoms with Gasteiger partial charge in [-0.3, -0.25) is 9.69 Å². The molecular weight excluding hydrogens is 316 g/mol. The lowest BCUT2D eigenvalue weighted by Gasteiger charge is -2.34. The number of nitrogens with zero attached hydrogens (tertiary/aromatic N) is 1. The number of anilines is 1. The zero-order valence-electron chi connectivity index (χ0n) is 11.8. The lowest BCUT2D eigenvalue weighted by molar-refractivity contribution is -0.117. The molecule has 1 aliphatic rings. The minimum absolute atomic E-state index is 0. The standard InChI is InChI=1S/C14H19ClFN3O.ClH/c1-9-7-19(5-4-12(9)17)8-14(20)18-13-3-2-10(16)6-11(13)15;/h2-3,6,9,12H,4-5,7-8,17H2,1H3,(H,18,20);1H. The highest BCUT2D eigenvalue weighted by Crippen LogP contribution is 2.22. The predicted molar refractivity (Wildman–Crippen MR) is 85.5 cm³/mol. The van der Waals surface area contributed by atoms with Crippen LogP contribution in [-0.4, -0.2) is 36.5 Å². The number of hydrogen-bond acceptors (Lipinski definition) is 3. The molecule has 21 heavy (non-hydrogen) atoms. The van der Waals surface area contributed by atoms with E-state index in [9.17, 15) is 9.18 Å². The van der Waals surface area contributed by atoms with E-state index in [2.05, 4.69) is 17.1 Å². The summed E-state index contributed by atoms with van der Waals surface area (Å²) in [5.41, 5.74) is 6.38. The normalized spacial score (nSPS) is 22.5. The highest BCUT2D eigenvalue weighted by molar-refractivity contribution is 6.33. The Morgan fingerprint density at radius 3 is 2.90 bits per heavy atom. The summed E-state index contributed by atoms with van der Waals surface area (Å²) in [5, 5.41) is 2.90. The summed E-state index contributed by atoms with van der Waals surface area (Å²) in [6, 6.07) is 4.12. The van der Waals surface area contributed by atoms with Crippen LogP contribution >= 0.6 is 24.0 Å². The van der Waals surface area contributed by atoms with Crippen LogP contribution in [0.3, 0.4) is 0 Å². The van der Waals surface area contributed by atoms with Crippen LogP contribution in [-0.2, 0) is 4.79 Å². The second-order valence-electron chi connectivity index (χ2n) is 5.34. The number of benzene rings is 1. The molecule has 3 N–H and O–H groups in total. The van der Waals surface area contributed by atoms with Gasteiger partial charge in [0.25, 0.3) is 0 Å². The van der Waals surface area contributed by atoms with E-state index >= 15 is 0 Å². The Morgan fingerprint density at radius 2 is 2.29 bits per heavy atom. The third-order valence-electron chi connectivity index (χ3n) is 3.63. The summed E-state index contributed by atoms with van der Waals surface area (Å²) in [6.07, 6.45) is 0.895. The number of likely N-dealkylation sites (tertiary alicyclic amines) is 1. The summed E-state index contributed by atoms with van der Waals surface area (Å²) in [5.74, 6) is -0.195. The van der Waals surface area contributed by atoms with Crippen LogP contribution in [0.5, 0.6) is 0 Å². The summed E-state index contributed by atoms with van der Waals surface area (Å²) < 4.78 is 12.9. The lowest BCUT2D eigenvalue weighted by atomic mass is 9.95. The van der Waals surface area contributed by atoms with Gasteiger partial charge in [-0.25, -0.2) is 4.39 Å². The van der Waals surface area contributed by atoms with E-state index in [1.54, 1.807) is 0 Å². The summed E-state index contributed by atoms with van der Waals surface area (Å²) in [7, 11) is 0. The Bertz CT molecular complexity index is 501. The first kappa shape index (κ1) is 18.2. The van der Waals surface area contributed by atoms with Crippen molar-refractivity contribution in [2.24, 2.45) is 11.7 Å². The summed E-state index contributed by atoms with van der Waals surface area (Å²) >= 11 is 5.87. The highest BCUT2D eigenvalue weighted by atomic mass is 35.5. The molecule has 1 aromatic carbocycles. The van der Waals surface area contributed by atoms with Gasteiger partial charge in [0.1, 0.15) is 5.82 Å². The van der Waals surface area contributed by atoms with Crippen LogP contribution in [0, 0.1) is 11.7 Å². The molecule has 1 fully saturated rings. The Morgan fingerprint density at radius 1 is 1.57 bits per heavy atom. The Labute approximate surface area is 135 Å². The van der Waals surface area contributed by atoms with Gasteiger partial charge in [0.05, 0.1) is 17.3 Å². The largest absolute Gasteiger partial charge is 0.327 e. The first-order valence-electron chi connectivity index (χ1n) is 6.68. The smallest absolute Gasteiger partial charge is 0.238 e. The van der Waals surface area contributed by atoms with E-state index in [1.165, 1.54) is 18.2 Å². The maximum atomic E-state index is 12.9. The fraction of sp³-hybridized carbons (Fsp3) is 0.500. The van der Waals surface area contributed by atoms with E-state index < -0.39 is 5.82 Å². The zero-order chi connectivity index (χ0) is 14.7. The molecule has 1 amide bonds. The average Bonchev–Trinajstić information content (AvgIpc) is 2.37. The van der Waals surface area contributed by atoms with Crippen molar-refractivity contribution < 1.29 is 9.18 Å². The van der Waals surface area contributed by atoms with E-state index in [4.69, 9.17) is 17.3 Å². The Kier molecular flexibility index (Phi) is 6.87. The van der Waals surface area contributed by atoms with Gasteiger partial charge in [0.2, 0.25) is 5.91 Å². The van der Waals surface area contributed by atoms with Crippen molar-refractivity contribution in [1.82, 2.24) is 4.90 Å². The van der Waals surface area contributed by atoms with Gasteiger partial charge in [-0.2, -0.15) is 0 Å². The minimum Gasteiger partial charge on any atom is -0.327 e. The maximum absolute atomic E-state index is 12.9. The van der Waals surface area contributed by atoms with Crippen LogP contribution < -0.4 is 11.1 Å². The van der Waals surface area contributed by atoms with Gasteiger partial charge in [-0.15, -0.1) is 12.4 Å². The molecule has 0 radical (unpaired) electrons. The van der Waals surface area contributed by atoms with E-state index in [0.29, 0.717) is 18.2 Å². The molecule has 0 aromatic heterocycles. The molecule has 1 aliphatic heterocycles. The molecule has 118 valence electrons. The van der Waals surface area contributed by atoms with Gasteiger partial charge >= 0.3 is 0 Å². The molecule has 1 heterocycles. The fourth-order valence-corrected chi connectivity index (χ4v) is 2.59. The predicted octanol–water partition coefficient (Wildman–Crippen LogP) is 2.51. The zero-order valence-corrected chi connectivity index (χ0v) is 13.4. The van der Waals surface area contributed by atoms with Crippen LogP contribution in [0.1, 0.15) is 13.3 Å². The van der Waals surface area contributed by atoms with Crippen LogP contribution in [0.15, 0.2) is 18.2 Å². The quantitative estimate of drug-likeness (QED) is 0.892. The third kappa shape index (κ3) is 5.11. The van der Waals surface area contributed by atoms with Crippen LogP contribution in [0.2, 0.25) is 5.02 Å². The molecule has 1 aromatic rings. The summed E-state index contributed by atoms with van der Waals surface area (Å²) in [6.45, 7) is 4.01. The molecule has 2 unspecified atom stereocenters. The Balaban J connectivity index is 0.00000220. The third-order valence-corrected chi connectivity index (χ3v) is 3.94. The number of piperidine rings is 1. The molecule has 1 saturated heterocycles. The number of amides is 1. The topological polar surface area (TPSA) is 58.4 Å². The van der Waals surface area contributed by atoms with Crippen molar-refractivity contribution in [1.29, 1.82) is 0 Å². The monoisotopic (exact) mass is 335 g/mol. The average molecular weight is 336 g/mol. The van der Waals surface area contributed by atoms with Crippen molar-refractivity contribution in [3.05, 3.63) is 29.0 Å². The number of nitrogens with one attached hydrogen (secondary N) is 1. The molecule has 0 spiro atoms. The van der Waals surface area contributed by atoms with Crippen molar-refractivity contribution in [3.63, 3.8) is 0 Å². The van der Waals surface area contributed by atoms with E-state index in [-0.39, 0.29) is 29.4 Å². The van der Waals surface area contributed by atoms with E-state index in [0.717, 1.165) is 19.5 Å².